The molecule has 0 spiro atoms. The first kappa shape index (κ1) is 27.9. The highest BCUT2D eigenvalue weighted by atomic mass is 35.5. The Labute approximate surface area is 230 Å². The number of aromatic nitrogens is 6. The van der Waals surface area contributed by atoms with Gasteiger partial charge in [-0.05, 0) is 32.8 Å². The van der Waals surface area contributed by atoms with Gasteiger partial charge in [0.15, 0.2) is 11.2 Å². The summed E-state index contributed by atoms with van der Waals surface area (Å²) in [5.74, 6) is 0.681. The summed E-state index contributed by atoms with van der Waals surface area (Å²) in [7, 11) is 3.53. The van der Waals surface area contributed by atoms with Crippen molar-refractivity contribution in [2.24, 2.45) is 19.8 Å². The van der Waals surface area contributed by atoms with Crippen LogP contribution in [0, 0.1) is 0 Å². The maximum atomic E-state index is 13.9. The van der Waals surface area contributed by atoms with E-state index >= 15 is 0 Å². The Balaban J connectivity index is 0.00000107. The molecule has 1 atom stereocenters. The predicted molar refractivity (Wildman–Crippen MR) is 154 cm³/mol. The standard InChI is InChI=1S/C25H32N8O2.CH2Cl2/c1-16(2)11-13-32-21-22(27-24(32)31-12-7-8-17(26)14-31)29(3)25(35)33(23(21)34)15-19-18-9-5-6-10-20(18)30(4)28-19;2-1-3/h5-6,9-11,17H,7-8,12-15,26H2,1-4H3;1H2. The van der Waals surface area contributed by atoms with E-state index in [1.54, 1.807) is 11.7 Å². The molecular weight excluding hydrogens is 527 g/mol. The van der Waals surface area contributed by atoms with Gasteiger partial charge in [0.05, 0.1) is 23.1 Å². The summed E-state index contributed by atoms with van der Waals surface area (Å²) in [6.45, 7) is 6.10. The van der Waals surface area contributed by atoms with E-state index in [0.29, 0.717) is 35.9 Å². The molecule has 38 heavy (non-hydrogen) atoms. The fraction of sp³-hybridized carbons (Fsp3) is 0.462. The minimum atomic E-state index is -0.411. The SMILES string of the molecule is CC(C)=CCn1c(N2CCCC(N)C2)nc2c1c(=O)n(Cc1nn(C)c3ccccc13)c(=O)n2C.ClCCl. The number of halogens is 2. The Morgan fingerprint density at radius 2 is 1.87 bits per heavy atom. The highest BCUT2D eigenvalue weighted by Crippen LogP contribution is 2.24. The zero-order valence-electron chi connectivity index (χ0n) is 22.2. The summed E-state index contributed by atoms with van der Waals surface area (Å²) in [4.78, 5) is 34.2. The molecule has 1 aliphatic heterocycles. The normalized spacial score (nSPS) is 15.6. The van der Waals surface area contributed by atoms with Gasteiger partial charge >= 0.3 is 5.69 Å². The number of para-hydroxylation sites is 1. The molecule has 10 nitrogen and oxygen atoms in total. The number of anilines is 1. The van der Waals surface area contributed by atoms with Crippen LogP contribution in [0.3, 0.4) is 0 Å². The molecule has 3 aromatic heterocycles. The van der Waals surface area contributed by atoms with Gasteiger partial charge in [0, 0.05) is 45.2 Å². The fourth-order valence-corrected chi connectivity index (χ4v) is 4.93. The van der Waals surface area contributed by atoms with Crippen molar-refractivity contribution in [3.05, 3.63) is 62.4 Å². The minimum absolute atomic E-state index is 0.0541. The molecular formula is C26H34Cl2N8O2. The zero-order chi connectivity index (χ0) is 27.6. The number of hydrogen-bond donors (Lipinski definition) is 1. The van der Waals surface area contributed by atoms with E-state index in [4.69, 9.17) is 33.9 Å². The first-order valence-corrected chi connectivity index (χ1v) is 13.6. The van der Waals surface area contributed by atoms with Gasteiger partial charge in [-0.3, -0.25) is 18.6 Å². The van der Waals surface area contributed by atoms with Crippen molar-refractivity contribution < 1.29 is 0 Å². The van der Waals surface area contributed by atoms with Gasteiger partial charge in [-0.1, -0.05) is 29.8 Å². The quantitative estimate of drug-likeness (QED) is 0.296. The molecule has 1 saturated heterocycles. The summed E-state index contributed by atoms with van der Waals surface area (Å²) < 4.78 is 6.43. The van der Waals surface area contributed by atoms with Crippen LogP contribution in [0.5, 0.6) is 0 Å². The van der Waals surface area contributed by atoms with Gasteiger partial charge < -0.3 is 15.2 Å². The Bertz CT molecular complexity index is 1590. The number of nitrogens with zero attached hydrogens (tertiary/aromatic N) is 7. The highest BCUT2D eigenvalue weighted by molar-refractivity contribution is 6.40. The first-order valence-electron chi connectivity index (χ1n) is 12.5. The predicted octanol–water partition coefficient (Wildman–Crippen LogP) is 3.15. The average molecular weight is 562 g/mol. The van der Waals surface area contributed by atoms with Crippen molar-refractivity contribution in [1.82, 2.24) is 28.5 Å². The Kier molecular flexibility index (Phi) is 8.64. The lowest BCUT2D eigenvalue weighted by atomic mass is 10.1. The molecule has 0 radical (unpaired) electrons. The third-order valence-electron chi connectivity index (χ3n) is 6.78. The zero-order valence-corrected chi connectivity index (χ0v) is 23.7. The molecule has 12 heteroatoms. The van der Waals surface area contributed by atoms with Gasteiger partial charge in [-0.2, -0.15) is 10.1 Å². The molecule has 1 fully saturated rings. The van der Waals surface area contributed by atoms with Crippen LogP contribution in [0.15, 0.2) is 45.5 Å². The maximum Gasteiger partial charge on any atom is 0.332 e. The van der Waals surface area contributed by atoms with Crippen molar-refractivity contribution >= 4 is 51.2 Å². The number of imidazole rings is 1. The summed E-state index contributed by atoms with van der Waals surface area (Å²) >= 11 is 9.53. The van der Waals surface area contributed by atoms with Crippen LogP contribution in [0.25, 0.3) is 22.1 Å². The van der Waals surface area contributed by atoms with E-state index < -0.39 is 5.69 Å². The molecule has 4 aromatic rings. The molecule has 0 bridgehead atoms. The molecule has 0 aliphatic carbocycles. The Hall–Kier alpha value is -3.08. The number of hydrogen-bond acceptors (Lipinski definition) is 6. The summed E-state index contributed by atoms with van der Waals surface area (Å²) in [5, 5.41) is 5.72. The lowest BCUT2D eigenvalue weighted by Gasteiger charge is -2.31. The highest BCUT2D eigenvalue weighted by Gasteiger charge is 2.26. The fourth-order valence-electron chi connectivity index (χ4n) is 4.93. The first-order chi connectivity index (χ1) is 18.2. The number of alkyl halides is 2. The van der Waals surface area contributed by atoms with Crippen LogP contribution in [0.4, 0.5) is 5.95 Å². The van der Waals surface area contributed by atoms with Gasteiger partial charge in [-0.25, -0.2) is 4.79 Å². The number of fused-ring (bicyclic) bond motifs is 2. The molecule has 204 valence electrons. The second-order valence-corrected chi connectivity index (χ2v) is 10.6. The van der Waals surface area contributed by atoms with E-state index in [9.17, 15) is 9.59 Å². The summed E-state index contributed by atoms with van der Waals surface area (Å²) in [5.41, 5.74) is 9.05. The van der Waals surface area contributed by atoms with Gasteiger partial charge in [-0.15, -0.1) is 23.2 Å². The molecule has 0 amide bonds. The van der Waals surface area contributed by atoms with Gasteiger partial charge in [0.2, 0.25) is 5.95 Å². The van der Waals surface area contributed by atoms with Crippen LogP contribution in [0.2, 0.25) is 0 Å². The van der Waals surface area contributed by atoms with Crippen molar-refractivity contribution in [2.75, 3.05) is 23.3 Å². The van der Waals surface area contributed by atoms with Crippen LogP contribution in [-0.4, -0.2) is 52.9 Å². The van der Waals surface area contributed by atoms with E-state index in [1.165, 1.54) is 9.13 Å². The molecule has 0 saturated carbocycles. The third kappa shape index (κ3) is 5.39. The van der Waals surface area contributed by atoms with E-state index in [2.05, 4.69) is 16.1 Å². The lowest BCUT2D eigenvalue weighted by molar-refractivity contribution is 0.495. The number of rotatable bonds is 5. The largest absolute Gasteiger partial charge is 0.341 e. The van der Waals surface area contributed by atoms with Crippen molar-refractivity contribution in [2.45, 2.75) is 45.8 Å². The van der Waals surface area contributed by atoms with Crippen molar-refractivity contribution in [3.8, 4) is 0 Å². The van der Waals surface area contributed by atoms with Crippen molar-refractivity contribution in [1.29, 1.82) is 0 Å². The number of benzene rings is 1. The second kappa shape index (κ2) is 11.8. The summed E-state index contributed by atoms with van der Waals surface area (Å²) in [6, 6.07) is 7.86. The number of piperidine rings is 1. The molecule has 1 unspecified atom stereocenters. The third-order valence-corrected chi connectivity index (χ3v) is 6.78. The van der Waals surface area contributed by atoms with E-state index in [-0.39, 0.29) is 23.5 Å². The molecule has 1 aromatic carbocycles. The smallest absolute Gasteiger partial charge is 0.332 e. The lowest BCUT2D eigenvalue weighted by Crippen LogP contribution is -2.44. The van der Waals surface area contributed by atoms with Crippen molar-refractivity contribution in [3.63, 3.8) is 0 Å². The minimum Gasteiger partial charge on any atom is -0.341 e. The molecule has 2 N–H and O–H groups in total. The van der Waals surface area contributed by atoms with Crippen LogP contribution in [0.1, 0.15) is 32.4 Å². The monoisotopic (exact) mass is 560 g/mol. The second-order valence-electron chi connectivity index (χ2n) is 9.75. The Morgan fingerprint density at radius 1 is 1.16 bits per heavy atom. The molecule has 5 rings (SSSR count). The number of nitrogens with two attached hydrogens (primary N) is 1. The maximum absolute atomic E-state index is 13.9. The van der Waals surface area contributed by atoms with Crippen LogP contribution in [-0.2, 0) is 27.2 Å². The van der Waals surface area contributed by atoms with Crippen LogP contribution < -0.4 is 21.9 Å². The summed E-state index contributed by atoms with van der Waals surface area (Å²) in [6.07, 6.45) is 3.99. The molecule has 4 heterocycles. The number of allylic oxidation sites excluding steroid dienone is 2. The van der Waals surface area contributed by atoms with Crippen LogP contribution >= 0.6 is 23.2 Å². The average Bonchev–Trinajstić information content (AvgIpc) is 3.43. The van der Waals surface area contributed by atoms with E-state index in [0.717, 1.165) is 35.9 Å². The van der Waals surface area contributed by atoms with Gasteiger partial charge in [0.1, 0.15) is 0 Å². The van der Waals surface area contributed by atoms with E-state index in [1.807, 2.05) is 49.7 Å². The number of aryl methyl sites for hydroxylation is 2. The Morgan fingerprint density at radius 3 is 2.55 bits per heavy atom. The topological polar surface area (TPSA) is 109 Å². The molecule has 1 aliphatic rings. The van der Waals surface area contributed by atoms with Gasteiger partial charge in [0.25, 0.3) is 5.56 Å².